The van der Waals surface area contributed by atoms with Gasteiger partial charge in [-0.1, -0.05) is 6.92 Å². The van der Waals surface area contributed by atoms with E-state index < -0.39 is 17.9 Å². The highest BCUT2D eigenvalue weighted by Crippen LogP contribution is 1.92. The Morgan fingerprint density at radius 1 is 1.50 bits per heavy atom. The minimum Gasteiger partial charge on any atom is -0.394 e. The predicted molar refractivity (Wildman–Crippen MR) is 51.1 cm³/mol. The van der Waals surface area contributed by atoms with Crippen molar-refractivity contribution in [1.29, 1.82) is 0 Å². The molecule has 0 saturated carbocycles. The lowest BCUT2D eigenvalue weighted by Gasteiger charge is -2.16. The summed E-state index contributed by atoms with van der Waals surface area (Å²) < 4.78 is 0. The molecule has 2 atom stereocenters. The first-order chi connectivity index (χ1) is 6.51. The monoisotopic (exact) mass is 203 g/mol. The molecule has 6 nitrogen and oxygen atoms in total. The van der Waals surface area contributed by atoms with Crippen LogP contribution >= 0.6 is 0 Å². The first-order valence-corrected chi connectivity index (χ1v) is 4.46. The van der Waals surface area contributed by atoms with Crippen molar-refractivity contribution in [3.8, 4) is 0 Å². The van der Waals surface area contributed by atoms with Crippen LogP contribution in [0.15, 0.2) is 0 Å². The molecule has 0 rings (SSSR count). The fourth-order valence-corrected chi connectivity index (χ4v) is 0.894. The second-order valence-electron chi connectivity index (χ2n) is 3.07. The van der Waals surface area contributed by atoms with Gasteiger partial charge in [0, 0.05) is 0 Å². The van der Waals surface area contributed by atoms with Crippen molar-refractivity contribution in [2.75, 3.05) is 6.61 Å². The van der Waals surface area contributed by atoms with E-state index in [0.717, 1.165) is 0 Å². The highest BCUT2D eigenvalue weighted by molar-refractivity contribution is 5.87. The zero-order chi connectivity index (χ0) is 11.1. The Balaban J connectivity index is 3.99. The number of nitrogens with one attached hydrogen (secondary N) is 1. The molecule has 82 valence electrons. The van der Waals surface area contributed by atoms with Gasteiger partial charge in [-0.15, -0.1) is 0 Å². The molecule has 6 N–H and O–H groups in total. The Morgan fingerprint density at radius 3 is 2.43 bits per heavy atom. The van der Waals surface area contributed by atoms with Crippen LogP contribution in [0.25, 0.3) is 0 Å². The van der Waals surface area contributed by atoms with Gasteiger partial charge >= 0.3 is 0 Å². The average Bonchev–Trinajstić information content (AvgIpc) is 2.12. The van der Waals surface area contributed by atoms with Crippen LogP contribution in [0.3, 0.4) is 0 Å². The zero-order valence-electron chi connectivity index (χ0n) is 8.19. The third-order valence-electron chi connectivity index (χ3n) is 1.82. The maximum Gasteiger partial charge on any atom is 0.237 e. The number of amides is 2. The van der Waals surface area contributed by atoms with E-state index in [1.54, 1.807) is 0 Å². The summed E-state index contributed by atoms with van der Waals surface area (Å²) in [5.74, 6) is -1.09. The molecule has 2 amide bonds. The van der Waals surface area contributed by atoms with Crippen LogP contribution in [0.5, 0.6) is 0 Å². The van der Waals surface area contributed by atoms with Crippen LogP contribution < -0.4 is 16.8 Å². The Hall–Kier alpha value is -1.14. The maximum absolute atomic E-state index is 11.3. The van der Waals surface area contributed by atoms with Crippen molar-refractivity contribution < 1.29 is 14.7 Å². The van der Waals surface area contributed by atoms with Crippen LogP contribution in [0.2, 0.25) is 0 Å². The van der Waals surface area contributed by atoms with Gasteiger partial charge in [-0.25, -0.2) is 0 Å². The second-order valence-corrected chi connectivity index (χ2v) is 3.07. The summed E-state index contributed by atoms with van der Waals surface area (Å²) >= 11 is 0. The van der Waals surface area contributed by atoms with Gasteiger partial charge in [-0.2, -0.15) is 0 Å². The number of carbonyl (C=O) groups is 2. The minimum atomic E-state index is -0.937. The highest BCUT2D eigenvalue weighted by atomic mass is 16.3. The molecule has 0 aromatic rings. The Bertz CT molecular complexity index is 204. The van der Waals surface area contributed by atoms with E-state index in [9.17, 15) is 9.59 Å². The summed E-state index contributed by atoms with van der Waals surface area (Å²) in [6.07, 6.45) is 0.416. The summed E-state index contributed by atoms with van der Waals surface area (Å²) in [6, 6.07) is -1.26. The number of carbonyl (C=O) groups excluding carboxylic acids is 2. The number of aliphatic hydroxyl groups is 1. The third-order valence-corrected chi connectivity index (χ3v) is 1.82. The van der Waals surface area contributed by atoms with Gasteiger partial charge in [0.1, 0.15) is 0 Å². The molecule has 6 heteroatoms. The normalized spacial score (nSPS) is 14.5. The molecule has 14 heavy (non-hydrogen) atoms. The summed E-state index contributed by atoms with van der Waals surface area (Å²) in [7, 11) is 0. The molecule has 0 aliphatic heterocycles. The van der Waals surface area contributed by atoms with Gasteiger partial charge in [-0.05, 0) is 6.42 Å². The van der Waals surface area contributed by atoms with Crippen molar-refractivity contribution in [3.05, 3.63) is 0 Å². The van der Waals surface area contributed by atoms with E-state index in [1.165, 1.54) is 0 Å². The first-order valence-electron chi connectivity index (χ1n) is 4.46. The van der Waals surface area contributed by atoms with Crippen LogP contribution in [-0.2, 0) is 9.59 Å². The molecule has 0 saturated heterocycles. The Labute approximate surface area is 82.6 Å². The second kappa shape index (κ2) is 6.33. The summed E-state index contributed by atoms with van der Waals surface area (Å²) in [6.45, 7) is 1.67. The lowest BCUT2D eigenvalue weighted by Crippen LogP contribution is -2.47. The largest absolute Gasteiger partial charge is 0.394 e. The molecule has 2 unspecified atom stereocenters. The molecule has 0 fully saturated rings. The molecular formula is C8H17N3O3. The topological polar surface area (TPSA) is 118 Å². The minimum absolute atomic E-state index is 0.147. The molecule has 0 aliphatic carbocycles. The van der Waals surface area contributed by atoms with Gasteiger partial charge in [0.15, 0.2) is 0 Å². The summed E-state index contributed by atoms with van der Waals surface area (Å²) in [5.41, 5.74) is 10.3. The smallest absolute Gasteiger partial charge is 0.237 e. The lowest BCUT2D eigenvalue weighted by molar-refractivity contribution is -0.127. The van der Waals surface area contributed by atoms with E-state index in [-0.39, 0.29) is 19.1 Å². The lowest BCUT2D eigenvalue weighted by atomic mass is 10.1. The van der Waals surface area contributed by atoms with Crippen molar-refractivity contribution in [2.45, 2.75) is 31.8 Å². The SMILES string of the molecule is CCC(CO)NC(=O)C(N)CC(N)=O. The predicted octanol–water partition coefficient (Wildman–Crippen LogP) is -1.92. The van der Waals surface area contributed by atoms with E-state index >= 15 is 0 Å². The zero-order valence-corrected chi connectivity index (χ0v) is 8.19. The van der Waals surface area contributed by atoms with Gasteiger partial charge in [0.05, 0.1) is 25.1 Å². The van der Waals surface area contributed by atoms with Crippen molar-refractivity contribution in [3.63, 3.8) is 0 Å². The molecule has 0 aromatic carbocycles. The van der Waals surface area contributed by atoms with Gasteiger partial charge < -0.3 is 21.9 Å². The number of rotatable bonds is 6. The molecule has 0 aliphatic rings. The van der Waals surface area contributed by atoms with Crippen LogP contribution in [0.4, 0.5) is 0 Å². The van der Waals surface area contributed by atoms with E-state index in [4.69, 9.17) is 16.6 Å². The van der Waals surface area contributed by atoms with Crippen LogP contribution in [0.1, 0.15) is 19.8 Å². The van der Waals surface area contributed by atoms with Crippen LogP contribution in [-0.4, -0.2) is 35.6 Å². The number of hydrogen-bond acceptors (Lipinski definition) is 4. The Kier molecular flexibility index (Phi) is 5.82. The summed E-state index contributed by atoms with van der Waals surface area (Å²) in [5, 5.41) is 11.3. The molecule has 0 bridgehead atoms. The van der Waals surface area contributed by atoms with Gasteiger partial charge in [0.2, 0.25) is 11.8 Å². The van der Waals surface area contributed by atoms with Crippen molar-refractivity contribution in [2.24, 2.45) is 11.5 Å². The Morgan fingerprint density at radius 2 is 2.07 bits per heavy atom. The quantitative estimate of drug-likeness (QED) is 0.402. The first kappa shape index (κ1) is 12.9. The van der Waals surface area contributed by atoms with E-state index in [2.05, 4.69) is 5.32 Å². The fraction of sp³-hybridized carbons (Fsp3) is 0.750. The van der Waals surface area contributed by atoms with Gasteiger partial charge in [-0.3, -0.25) is 9.59 Å². The summed E-state index contributed by atoms with van der Waals surface area (Å²) in [4.78, 5) is 21.7. The number of primary amides is 1. The molecule has 0 aromatic heterocycles. The highest BCUT2D eigenvalue weighted by Gasteiger charge is 2.18. The number of hydrogen-bond donors (Lipinski definition) is 4. The third kappa shape index (κ3) is 4.78. The average molecular weight is 203 g/mol. The van der Waals surface area contributed by atoms with Crippen molar-refractivity contribution >= 4 is 11.8 Å². The number of aliphatic hydroxyl groups excluding tert-OH is 1. The van der Waals surface area contributed by atoms with E-state index in [1.807, 2.05) is 6.92 Å². The molecule has 0 heterocycles. The number of nitrogens with two attached hydrogens (primary N) is 2. The van der Waals surface area contributed by atoms with Crippen LogP contribution in [0, 0.1) is 0 Å². The van der Waals surface area contributed by atoms with Gasteiger partial charge in [0.25, 0.3) is 0 Å². The van der Waals surface area contributed by atoms with E-state index in [0.29, 0.717) is 6.42 Å². The standard InChI is InChI=1S/C8H17N3O3/c1-2-5(4-12)11-8(14)6(9)3-7(10)13/h5-6,12H,2-4,9H2,1H3,(H2,10,13)(H,11,14). The molecular weight excluding hydrogens is 186 g/mol. The molecule has 0 spiro atoms. The maximum atomic E-state index is 11.3. The fourth-order valence-electron chi connectivity index (χ4n) is 0.894. The molecule has 0 radical (unpaired) electrons. The van der Waals surface area contributed by atoms with Crippen molar-refractivity contribution in [1.82, 2.24) is 5.32 Å².